The Kier molecular flexibility index (Phi) is 5.48. The molecule has 0 radical (unpaired) electrons. The number of carbonyl (C=O) groups excluding carboxylic acids is 2. The van der Waals surface area contributed by atoms with E-state index in [9.17, 15) is 14.0 Å². The Morgan fingerprint density at radius 1 is 1.36 bits per heavy atom. The summed E-state index contributed by atoms with van der Waals surface area (Å²) in [5.74, 6) is -0.673. The number of rotatable bonds is 5. The summed E-state index contributed by atoms with van der Waals surface area (Å²) in [6, 6.07) is 8.10. The molecule has 1 aliphatic carbocycles. The molecule has 2 aromatic rings. The lowest BCUT2D eigenvalue weighted by atomic mass is 9.90. The fourth-order valence-corrected chi connectivity index (χ4v) is 4.00. The van der Waals surface area contributed by atoms with E-state index in [2.05, 4.69) is 12.2 Å². The van der Waals surface area contributed by atoms with E-state index in [0.717, 1.165) is 19.3 Å². The SMILES string of the molecule is C[C@@H]1CCc2sc(C(=O)OCC(=O)NCc3ccccc3F)cc2C1. The molecule has 0 saturated carbocycles. The number of thiophene rings is 1. The number of halogens is 1. The van der Waals surface area contributed by atoms with Gasteiger partial charge in [-0.05, 0) is 42.9 Å². The maximum atomic E-state index is 13.5. The molecule has 0 saturated heterocycles. The van der Waals surface area contributed by atoms with E-state index < -0.39 is 11.9 Å². The van der Waals surface area contributed by atoms with Gasteiger partial charge in [0.15, 0.2) is 6.61 Å². The van der Waals surface area contributed by atoms with Gasteiger partial charge in [0, 0.05) is 17.0 Å². The average molecular weight is 361 g/mol. The van der Waals surface area contributed by atoms with Crippen molar-refractivity contribution in [2.45, 2.75) is 32.7 Å². The van der Waals surface area contributed by atoms with Crippen LogP contribution in [-0.2, 0) is 28.9 Å². The van der Waals surface area contributed by atoms with Crippen LogP contribution in [0.4, 0.5) is 4.39 Å². The molecular formula is C19H20FNO3S. The molecule has 1 amide bonds. The molecule has 0 spiro atoms. The molecule has 0 aliphatic heterocycles. The zero-order valence-electron chi connectivity index (χ0n) is 14.0. The van der Waals surface area contributed by atoms with Gasteiger partial charge in [0.2, 0.25) is 0 Å². The van der Waals surface area contributed by atoms with Crippen LogP contribution >= 0.6 is 11.3 Å². The molecular weight excluding hydrogens is 341 g/mol. The number of aryl methyl sites for hydroxylation is 1. The van der Waals surface area contributed by atoms with Crippen molar-refractivity contribution in [3.05, 3.63) is 57.0 Å². The molecule has 1 aromatic carbocycles. The summed E-state index contributed by atoms with van der Waals surface area (Å²) < 4.78 is 18.6. The fourth-order valence-electron chi connectivity index (χ4n) is 2.90. The van der Waals surface area contributed by atoms with Crippen LogP contribution in [-0.4, -0.2) is 18.5 Å². The minimum atomic E-state index is -0.479. The molecule has 1 aliphatic rings. The lowest BCUT2D eigenvalue weighted by Gasteiger charge is -2.16. The zero-order valence-corrected chi connectivity index (χ0v) is 14.8. The second-order valence-electron chi connectivity index (χ2n) is 6.35. The molecule has 1 aromatic heterocycles. The second kappa shape index (κ2) is 7.78. The number of benzene rings is 1. The molecule has 132 valence electrons. The minimum Gasteiger partial charge on any atom is -0.451 e. The highest BCUT2D eigenvalue weighted by Crippen LogP contribution is 2.32. The van der Waals surface area contributed by atoms with Crippen LogP contribution in [0.3, 0.4) is 0 Å². The quantitative estimate of drug-likeness (QED) is 0.830. The Labute approximate surface area is 150 Å². The number of carbonyl (C=O) groups is 2. The number of hydrogen-bond donors (Lipinski definition) is 1. The summed E-state index contributed by atoms with van der Waals surface area (Å²) >= 11 is 1.45. The summed E-state index contributed by atoms with van der Waals surface area (Å²) in [6.45, 7) is 1.90. The zero-order chi connectivity index (χ0) is 17.8. The first kappa shape index (κ1) is 17.6. The molecule has 25 heavy (non-hydrogen) atoms. The standard InChI is InChI=1S/C19H20FNO3S/c1-12-6-7-16-14(8-12)9-17(25-16)19(23)24-11-18(22)21-10-13-4-2-3-5-15(13)20/h2-5,9,12H,6-8,10-11H2,1H3,(H,21,22)/t12-/m1/s1. The van der Waals surface area contributed by atoms with Crippen molar-refractivity contribution in [1.82, 2.24) is 5.32 Å². The van der Waals surface area contributed by atoms with Crippen molar-refractivity contribution >= 4 is 23.2 Å². The average Bonchev–Trinajstić information content (AvgIpc) is 3.02. The molecule has 0 fully saturated rings. The van der Waals surface area contributed by atoms with E-state index in [1.165, 1.54) is 27.8 Å². The Balaban J connectivity index is 1.49. The van der Waals surface area contributed by atoms with Crippen molar-refractivity contribution in [2.24, 2.45) is 5.92 Å². The van der Waals surface area contributed by atoms with E-state index >= 15 is 0 Å². The van der Waals surface area contributed by atoms with Crippen LogP contribution in [0, 0.1) is 11.7 Å². The first-order valence-electron chi connectivity index (χ1n) is 8.31. The monoisotopic (exact) mass is 361 g/mol. The number of ether oxygens (including phenoxy) is 1. The molecule has 1 heterocycles. The maximum Gasteiger partial charge on any atom is 0.348 e. The van der Waals surface area contributed by atoms with Crippen LogP contribution in [0.15, 0.2) is 30.3 Å². The third kappa shape index (κ3) is 4.45. The van der Waals surface area contributed by atoms with Gasteiger partial charge < -0.3 is 10.1 Å². The number of nitrogens with one attached hydrogen (secondary N) is 1. The van der Waals surface area contributed by atoms with Gasteiger partial charge in [-0.15, -0.1) is 11.3 Å². The summed E-state index contributed by atoms with van der Waals surface area (Å²) in [5, 5.41) is 2.55. The first-order valence-corrected chi connectivity index (χ1v) is 9.13. The van der Waals surface area contributed by atoms with Gasteiger partial charge in [-0.2, -0.15) is 0 Å². The van der Waals surface area contributed by atoms with Gasteiger partial charge >= 0.3 is 5.97 Å². The van der Waals surface area contributed by atoms with Crippen LogP contribution in [0.25, 0.3) is 0 Å². The van der Waals surface area contributed by atoms with Crippen molar-refractivity contribution in [3.63, 3.8) is 0 Å². The summed E-state index contributed by atoms with van der Waals surface area (Å²) in [5.41, 5.74) is 1.61. The normalized spacial score (nSPS) is 16.2. The van der Waals surface area contributed by atoms with Gasteiger partial charge in [-0.1, -0.05) is 25.1 Å². The number of amides is 1. The third-order valence-electron chi connectivity index (χ3n) is 4.30. The number of fused-ring (bicyclic) bond motifs is 1. The van der Waals surface area contributed by atoms with Gasteiger partial charge in [0.25, 0.3) is 5.91 Å². The fraction of sp³-hybridized carbons (Fsp3) is 0.368. The predicted molar refractivity (Wildman–Crippen MR) is 94.0 cm³/mol. The highest BCUT2D eigenvalue weighted by atomic mass is 32.1. The highest BCUT2D eigenvalue weighted by molar-refractivity contribution is 7.14. The van der Waals surface area contributed by atoms with Crippen LogP contribution in [0.2, 0.25) is 0 Å². The number of esters is 1. The molecule has 1 atom stereocenters. The number of hydrogen-bond acceptors (Lipinski definition) is 4. The van der Waals surface area contributed by atoms with E-state index in [1.807, 2.05) is 6.07 Å². The Bertz CT molecular complexity index is 787. The first-order chi connectivity index (χ1) is 12.0. The van der Waals surface area contributed by atoms with Crippen molar-refractivity contribution < 1.29 is 18.7 Å². The summed E-state index contributed by atoms with van der Waals surface area (Å²) in [4.78, 5) is 25.7. The Morgan fingerprint density at radius 3 is 2.96 bits per heavy atom. The van der Waals surface area contributed by atoms with E-state index in [4.69, 9.17) is 4.74 Å². The van der Waals surface area contributed by atoms with Gasteiger partial charge in [-0.25, -0.2) is 9.18 Å². The lowest BCUT2D eigenvalue weighted by molar-refractivity contribution is -0.124. The largest absolute Gasteiger partial charge is 0.451 e. The van der Waals surface area contributed by atoms with Gasteiger partial charge in [0.1, 0.15) is 10.7 Å². The van der Waals surface area contributed by atoms with Crippen LogP contribution < -0.4 is 5.32 Å². The summed E-state index contributed by atoms with van der Waals surface area (Å²) in [7, 11) is 0. The smallest absolute Gasteiger partial charge is 0.348 e. The topological polar surface area (TPSA) is 55.4 Å². The van der Waals surface area contributed by atoms with Crippen LogP contribution in [0.5, 0.6) is 0 Å². The molecule has 0 bridgehead atoms. The Hall–Kier alpha value is -2.21. The molecule has 3 rings (SSSR count). The maximum absolute atomic E-state index is 13.5. The lowest BCUT2D eigenvalue weighted by Crippen LogP contribution is -2.28. The van der Waals surface area contributed by atoms with E-state index in [0.29, 0.717) is 16.4 Å². The van der Waals surface area contributed by atoms with Crippen molar-refractivity contribution in [3.8, 4) is 0 Å². The summed E-state index contributed by atoms with van der Waals surface area (Å²) in [6.07, 6.45) is 3.13. The van der Waals surface area contributed by atoms with Crippen molar-refractivity contribution in [2.75, 3.05) is 6.61 Å². The van der Waals surface area contributed by atoms with E-state index in [-0.39, 0.29) is 19.0 Å². The second-order valence-corrected chi connectivity index (χ2v) is 7.49. The van der Waals surface area contributed by atoms with Crippen molar-refractivity contribution in [1.29, 1.82) is 0 Å². The third-order valence-corrected chi connectivity index (χ3v) is 5.52. The van der Waals surface area contributed by atoms with Gasteiger partial charge in [0.05, 0.1) is 0 Å². The molecule has 0 unspecified atom stereocenters. The van der Waals surface area contributed by atoms with Crippen LogP contribution in [0.1, 0.15) is 39.0 Å². The highest BCUT2D eigenvalue weighted by Gasteiger charge is 2.21. The van der Waals surface area contributed by atoms with Gasteiger partial charge in [-0.3, -0.25) is 4.79 Å². The Morgan fingerprint density at radius 2 is 2.16 bits per heavy atom. The molecule has 6 heteroatoms. The van der Waals surface area contributed by atoms with E-state index in [1.54, 1.807) is 18.2 Å². The predicted octanol–water partition coefficient (Wildman–Crippen LogP) is 3.49. The molecule has 4 nitrogen and oxygen atoms in total. The minimum absolute atomic E-state index is 0.0637. The molecule has 1 N–H and O–H groups in total.